The van der Waals surface area contributed by atoms with Crippen LogP contribution in [0.3, 0.4) is 0 Å². The van der Waals surface area contributed by atoms with Gasteiger partial charge in [-0.2, -0.15) is 0 Å². The Hall–Kier alpha value is -2.42. The van der Waals surface area contributed by atoms with Gasteiger partial charge in [0.2, 0.25) is 5.91 Å². The van der Waals surface area contributed by atoms with Gasteiger partial charge in [0.15, 0.2) is 15.9 Å². The lowest BCUT2D eigenvalue weighted by Crippen LogP contribution is -2.44. The fourth-order valence-corrected chi connectivity index (χ4v) is 5.32. The lowest BCUT2D eigenvalue weighted by atomic mass is 10.2. The van der Waals surface area contributed by atoms with E-state index in [0.717, 1.165) is 6.42 Å². The van der Waals surface area contributed by atoms with Crippen LogP contribution in [0.2, 0.25) is 0 Å². The second-order valence-electron chi connectivity index (χ2n) is 7.25. The van der Waals surface area contributed by atoms with Crippen molar-refractivity contribution in [3.63, 3.8) is 0 Å². The predicted octanol–water partition coefficient (Wildman–Crippen LogP) is 1.00. The summed E-state index contributed by atoms with van der Waals surface area (Å²) in [5.74, 6) is -1.10. The van der Waals surface area contributed by atoms with Crippen molar-refractivity contribution < 1.29 is 27.5 Å². The van der Waals surface area contributed by atoms with Crippen molar-refractivity contribution in [3.05, 3.63) is 29.8 Å². The lowest BCUT2D eigenvalue weighted by Gasteiger charge is -2.26. The summed E-state index contributed by atoms with van der Waals surface area (Å²) in [6.45, 7) is 2.08. The van der Waals surface area contributed by atoms with Crippen molar-refractivity contribution >= 4 is 33.3 Å². The quantitative estimate of drug-likeness (QED) is 0.674. The monoisotopic (exact) mass is 408 g/mol. The minimum Gasteiger partial charge on any atom is -0.449 e. The molecule has 0 spiro atoms. The number of hydrogen-bond acceptors (Lipinski definition) is 6. The van der Waals surface area contributed by atoms with E-state index in [1.165, 1.54) is 18.9 Å². The van der Waals surface area contributed by atoms with E-state index in [2.05, 4.69) is 0 Å². The molecule has 28 heavy (non-hydrogen) atoms. The zero-order valence-corrected chi connectivity index (χ0v) is 16.8. The van der Waals surface area contributed by atoms with Gasteiger partial charge in [0.1, 0.15) is 0 Å². The van der Waals surface area contributed by atoms with Gasteiger partial charge in [-0.05, 0) is 38.0 Å². The first-order valence-electron chi connectivity index (χ1n) is 9.26. The number of ether oxygens (including phenoxy) is 1. The number of esters is 1. The highest BCUT2D eigenvalue weighted by atomic mass is 32.2. The Morgan fingerprint density at radius 2 is 2.07 bits per heavy atom. The van der Waals surface area contributed by atoms with Crippen molar-refractivity contribution in [2.24, 2.45) is 0 Å². The summed E-state index contributed by atoms with van der Waals surface area (Å²) < 4.78 is 28.5. The standard InChI is InChI=1S/C19H24N2O6S/c1-13(18(23)20(2)16-8-10-28(25,26)12-16)27-19(24)14-5-3-6-15(11-14)21-9-4-7-17(21)22/h3,5-6,11,13,16H,4,7-10,12H2,1-2H3/t13-,16-/m0/s1. The molecule has 8 nitrogen and oxygen atoms in total. The van der Waals surface area contributed by atoms with Crippen molar-refractivity contribution in [2.75, 3.05) is 30.0 Å². The van der Waals surface area contributed by atoms with Gasteiger partial charge in [-0.25, -0.2) is 13.2 Å². The first kappa shape index (κ1) is 20.3. The molecule has 0 saturated carbocycles. The van der Waals surface area contributed by atoms with Crippen molar-refractivity contribution in [2.45, 2.75) is 38.3 Å². The summed E-state index contributed by atoms with van der Waals surface area (Å²) in [7, 11) is -1.59. The van der Waals surface area contributed by atoms with Crippen LogP contribution >= 0.6 is 0 Å². The number of amides is 2. The second kappa shape index (κ2) is 7.90. The second-order valence-corrected chi connectivity index (χ2v) is 9.48. The average molecular weight is 408 g/mol. The van der Waals surface area contributed by atoms with Crippen LogP contribution in [0.1, 0.15) is 36.5 Å². The molecule has 1 aromatic carbocycles. The van der Waals surface area contributed by atoms with Gasteiger partial charge in [0.25, 0.3) is 5.91 Å². The Balaban J connectivity index is 1.64. The van der Waals surface area contributed by atoms with E-state index in [9.17, 15) is 22.8 Å². The normalized spacial score (nSPS) is 22.1. The number of benzene rings is 1. The third-order valence-electron chi connectivity index (χ3n) is 5.20. The zero-order valence-electron chi connectivity index (χ0n) is 16.0. The van der Waals surface area contributed by atoms with Crippen molar-refractivity contribution in [1.29, 1.82) is 0 Å². The predicted molar refractivity (Wildman–Crippen MR) is 103 cm³/mol. The Morgan fingerprint density at radius 3 is 2.68 bits per heavy atom. The molecular weight excluding hydrogens is 384 g/mol. The smallest absolute Gasteiger partial charge is 0.338 e. The highest BCUT2D eigenvalue weighted by Crippen LogP contribution is 2.23. The molecule has 0 aromatic heterocycles. The van der Waals surface area contributed by atoms with Crippen molar-refractivity contribution in [1.82, 2.24) is 4.90 Å². The van der Waals surface area contributed by atoms with Crippen LogP contribution in [0.4, 0.5) is 5.69 Å². The summed E-state index contributed by atoms with van der Waals surface area (Å²) in [4.78, 5) is 39.9. The molecule has 2 saturated heterocycles. The summed E-state index contributed by atoms with van der Waals surface area (Å²) in [5, 5.41) is 0. The topological polar surface area (TPSA) is 101 Å². The van der Waals surface area contributed by atoms with Crippen LogP contribution in [0.5, 0.6) is 0 Å². The van der Waals surface area contributed by atoms with Gasteiger partial charge in [0.05, 0.1) is 17.1 Å². The van der Waals surface area contributed by atoms with Gasteiger partial charge in [0, 0.05) is 31.7 Å². The Kier molecular flexibility index (Phi) is 5.74. The number of nitrogens with zero attached hydrogens (tertiary/aromatic N) is 2. The van der Waals surface area contributed by atoms with E-state index >= 15 is 0 Å². The molecule has 2 amide bonds. The lowest BCUT2D eigenvalue weighted by molar-refractivity contribution is -0.140. The van der Waals surface area contributed by atoms with Crippen LogP contribution in [-0.2, 0) is 24.2 Å². The Bertz CT molecular complexity index is 897. The van der Waals surface area contributed by atoms with Crippen LogP contribution in [0.15, 0.2) is 24.3 Å². The Labute approximate surface area is 164 Å². The minimum absolute atomic E-state index is 0.0159. The zero-order chi connectivity index (χ0) is 20.5. The van der Waals surface area contributed by atoms with Gasteiger partial charge in [-0.1, -0.05) is 6.07 Å². The molecule has 2 atom stereocenters. The maximum absolute atomic E-state index is 12.5. The summed E-state index contributed by atoms with van der Waals surface area (Å²) in [5.41, 5.74) is 0.882. The number of hydrogen-bond donors (Lipinski definition) is 0. The van der Waals surface area contributed by atoms with Crippen molar-refractivity contribution in [3.8, 4) is 0 Å². The molecule has 0 aliphatic carbocycles. The summed E-state index contributed by atoms with van der Waals surface area (Å²) in [6.07, 6.45) is 0.612. The molecule has 2 aliphatic heterocycles. The molecule has 0 bridgehead atoms. The average Bonchev–Trinajstić information content (AvgIpc) is 3.25. The third-order valence-corrected chi connectivity index (χ3v) is 6.95. The maximum Gasteiger partial charge on any atom is 0.338 e. The number of likely N-dealkylation sites (N-methyl/N-ethyl adjacent to an activating group) is 1. The molecular formula is C19H24N2O6S. The number of carbonyl (C=O) groups is 3. The molecule has 0 unspecified atom stereocenters. The largest absolute Gasteiger partial charge is 0.449 e. The fourth-order valence-electron chi connectivity index (χ4n) is 3.55. The highest BCUT2D eigenvalue weighted by molar-refractivity contribution is 7.91. The van der Waals surface area contributed by atoms with Gasteiger partial charge in [-0.3, -0.25) is 9.59 Å². The molecule has 2 heterocycles. The van der Waals surface area contributed by atoms with E-state index in [1.54, 1.807) is 29.2 Å². The van der Waals surface area contributed by atoms with Gasteiger partial charge >= 0.3 is 5.97 Å². The molecule has 0 N–H and O–H groups in total. The van der Waals surface area contributed by atoms with E-state index in [0.29, 0.717) is 25.1 Å². The highest BCUT2D eigenvalue weighted by Gasteiger charge is 2.35. The van der Waals surface area contributed by atoms with Gasteiger partial charge in [-0.15, -0.1) is 0 Å². The van der Waals surface area contributed by atoms with Crippen LogP contribution in [-0.4, -0.2) is 68.3 Å². The summed E-state index contributed by atoms with van der Waals surface area (Å²) in [6, 6.07) is 6.16. The molecule has 0 radical (unpaired) electrons. The molecule has 3 rings (SSSR count). The Morgan fingerprint density at radius 1 is 1.32 bits per heavy atom. The molecule has 1 aromatic rings. The van der Waals surface area contributed by atoms with E-state index in [-0.39, 0.29) is 23.0 Å². The fraction of sp³-hybridized carbons (Fsp3) is 0.526. The van der Waals surface area contributed by atoms with E-state index < -0.39 is 33.9 Å². The molecule has 152 valence electrons. The van der Waals surface area contributed by atoms with Crippen LogP contribution < -0.4 is 4.90 Å². The van der Waals surface area contributed by atoms with Gasteiger partial charge < -0.3 is 14.5 Å². The first-order chi connectivity index (χ1) is 13.2. The first-order valence-corrected chi connectivity index (χ1v) is 11.1. The minimum atomic E-state index is -3.12. The molecule has 2 fully saturated rings. The SMILES string of the molecule is C[C@H](OC(=O)c1cccc(N2CCCC2=O)c1)C(=O)N(C)[C@H]1CCS(=O)(=O)C1. The van der Waals surface area contributed by atoms with Crippen LogP contribution in [0.25, 0.3) is 0 Å². The molecule has 2 aliphatic rings. The number of sulfone groups is 1. The molecule has 9 heteroatoms. The summed E-state index contributed by atoms with van der Waals surface area (Å²) >= 11 is 0. The number of rotatable bonds is 5. The third kappa shape index (κ3) is 4.35. The van der Waals surface area contributed by atoms with E-state index in [1.807, 2.05) is 0 Å². The van der Waals surface area contributed by atoms with Crippen LogP contribution in [0, 0.1) is 0 Å². The number of carbonyl (C=O) groups excluding carboxylic acids is 3. The van der Waals surface area contributed by atoms with E-state index in [4.69, 9.17) is 4.74 Å². The maximum atomic E-state index is 12.5. The number of anilines is 1.